The molecule has 3 rings (SSSR count). The maximum absolute atomic E-state index is 10.3. The molecular weight excluding hydrogens is 236 g/mol. The zero-order valence-corrected chi connectivity index (χ0v) is 12.2. The molecule has 0 radical (unpaired) electrons. The van der Waals surface area contributed by atoms with E-state index in [2.05, 4.69) is 20.8 Å². The first-order valence-electron chi connectivity index (χ1n) is 7.14. The van der Waals surface area contributed by atoms with Crippen LogP contribution in [0.3, 0.4) is 0 Å². The van der Waals surface area contributed by atoms with Crippen LogP contribution in [-0.4, -0.2) is 10.7 Å². The van der Waals surface area contributed by atoms with Crippen LogP contribution in [0.5, 0.6) is 11.5 Å². The summed E-state index contributed by atoms with van der Waals surface area (Å²) in [6.07, 6.45) is 3.34. The third-order valence-electron chi connectivity index (χ3n) is 4.42. The van der Waals surface area contributed by atoms with Crippen molar-refractivity contribution in [3.05, 3.63) is 28.8 Å². The number of phenols is 1. The molecule has 0 saturated carbocycles. The molecule has 0 aromatic heterocycles. The van der Waals surface area contributed by atoms with Crippen LogP contribution in [0.1, 0.15) is 51.2 Å². The largest absolute Gasteiger partial charge is 0.507 e. The standard InChI is InChI=1S/C17H22O2/c1-10-5-6-13-12(7-10)16-14(18)8-11(2)9-15(16)19-17(13,3)4/h8-10,18H,5-7H2,1-4H3. The van der Waals surface area contributed by atoms with Crippen LogP contribution in [-0.2, 0) is 0 Å². The normalized spacial score (nSPS) is 24.5. The van der Waals surface area contributed by atoms with Gasteiger partial charge in [-0.3, -0.25) is 0 Å². The van der Waals surface area contributed by atoms with E-state index in [9.17, 15) is 5.11 Å². The molecule has 1 heterocycles. The van der Waals surface area contributed by atoms with Gasteiger partial charge in [-0.05, 0) is 74.8 Å². The van der Waals surface area contributed by atoms with Crippen molar-refractivity contribution in [1.82, 2.24) is 0 Å². The van der Waals surface area contributed by atoms with Crippen molar-refractivity contribution in [2.45, 2.75) is 52.6 Å². The van der Waals surface area contributed by atoms with E-state index in [0.29, 0.717) is 11.7 Å². The molecule has 19 heavy (non-hydrogen) atoms. The fraction of sp³-hybridized carbons (Fsp3) is 0.529. The highest BCUT2D eigenvalue weighted by Crippen LogP contribution is 2.51. The molecule has 0 saturated heterocycles. The van der Waals surface area contributed by atoms with Crippen LogP contribution in [0.4, 0.5) is 0 Å². The molecule has 0 amide bonds. The Morgan fingerprint density at radius 3 is 2.79 bits per heavy atom. The predicted octanol–water partition coefficient (Wildman–Crippen LogP) is 4.45. The van der Waals surface area contributed by atoms with Gasteiger partial charge in [0.1, 0.15) is 17.1 Å². The van der Waals surface area contributed by atoms with E-state index >= 15 is 0 Å². The molecule has 0 spiro atoms. The van der Waals surface area contributed by atoms with Crippen LogP contribution in [0.15, 0.2) is 17.7 Å². The van der Waals surface area contributed by atoms with Gasteiger partial charge in [-0.2, -0.15) is 0 Å². The molecule has 0 bridgehead atoms. The lowest BCUT2D eigenvalue weighted by molar-refractivity contribution is 0.135. The molecule has 1 aromatic rings. The summed E-state index contributed by atoms with van der Waals surface area (Å²) in [5.74, 6) is 1.89. The van der Waals surface area contributed by atoms with Crippen molar-refractivity contribution in [2.75, 3.05) is 0 Å². The molecular formula is C17H22O2. The Morgan fingerprint density at radius 1 is 1.32 bits per heavy atom. The molecule has 1 aliphatic heterocycles. The van der Waals surface area contributed by atoms with Crippen molar-refractivity contribution < 1.29 is 9.84 Å². The second-order valence-corrected chi connectivity index (χ2v) is 6.57. The van der Waals surface area contributed by atoms with Gasteiger partial charge in [-0.15, -0.1) is 0 Å². The van der Waals surface area contributed by atoms with E-state index in [1.165, 1.54) is 17.6 Å². The summed E-state index contributed by atoms with van der Waals surface area (Å²) in [5.41, 5.74) is 4.43. The van der Waals surface area contributed by atoms with Crippen LogP contribution in [0.2, 0.25) is 0 Å². The minimum absolute atomic E-state index is 0.247. The second-order valence-electron chi connectivity index (χ2n) is 6.57. The minimum atomic E-state index is -0.247. The third kappa shape index (κ3) is 1.94. The van der Waals surface area contributed by atoms with Crippen LogP contribution in [0.25, 0.3) is 5.57 Å². The highest BCUT2D eigenvalue weighted by molar-refractivity contribution is 5.81. The average molecular weight is 258 g/mol. The van der Waals surface area contributed by atoms with Crippen molar-refractivity contribution in [2.24, 2.45) is 5.92 Å². The Morgan fingerprint density at radius 2 is 2.05 bits per heavy atom. The number of allylic oxidation sites excluding steroid dienone is 1. The number of aromatic hydroxyl groups is 1. The Bertz CT molecular complexity index is 567. The van der Waals surface area contributed by atoms with Gasteiger partial charge in [-0.1, -0.05) is 6.92 Å². The number of rotatable bonds is 0. The summed E-state index contributed by atoms with van der Waals surface area (Å²) < 4.78 is 6.17. The average Bonchev–Trinajstić information content (AvgIpc) is 2.25. The topological polar surface area (TPSA) is 29.5 Å². The lowest BCUT2D eigenvalue weighted by Crippen LogP contribution is -2.36. The molecule has 1 N–H and O–H groups in total. The van der Waals surface area contributed by atoms with Crippen molar-refractivity contribution in [3.8, 4) is 11.5 Å². The number of hydrogen-bond acceptors (Lipinski definition) is 2. The van der Waals surface area contributed by atoms with Gasteiger partial charge in [0, 0.05) is 0 Å². The van der Waals surface area contributed by atoms with E-state index in [0.717, 1.165) is 29.7 Å². The molecule has 102 valence electrons. The quantitative estimate of drug-likeness (QED) is 0.745. The fourth-order valence-electron chi connectivity index (χ4n) is 3.49. The van der Waals surface area contributed by atoms with Gasteiger partial charge in [0.05, 0.1) is 5.56 Å². The van der Waals surface area contributed by atoms with Crippen LogP contribution >= 0.6 is 0 Å². The first-order valence-corrected chi connectivity index (χ1v) is 7.14. The summed E-state index contributed by atoms with van der Waals surface area (Å²) in [7, 11) is 0. The van der Waals surface area contributed by atoms with E-state index in [1.54, 1.807) is 0 Å². The zero-order valence-electron chi connectivity index (χ0n) is 12.2. The van der Waals surface area contributed by atoms with Gasteiger partial charge in [0.2, 0.25) is 0 Å². The Balaban J connectivity index is 2.24. The number of hydrogen-bond donors (Lipinski definition) is 1. The van der Waals surface area contributed by atoms with Crippen molar-refractivity contribution in [1.29, 1.82) is 0 Å². The zero-order chi connectivity index (χ0) is 13.8. The maximum Gasteiger partial charge on any atom is 0.132 e. The molecule has 1 atom stereocenters. The summed E-state index contributed by atoms with van der Waals surface area (Å²) in [4.78, 5) is 0. The predicted molar refractivity (Wildman–Crippen MR) is 77.5 cm³/mol. The van der Waals surface area contributed by atoms with Gasteiger partial charge >= 0.3 is 0 Å². The number of ether oxygens (including phenoxy) is 1. The van der Waals surface area contributed by atoms with E-state index < -0.39 is 0 Å². The molecule has 1 aromatic carbocycles. The Labute approximate surface area is 115 Å². The van der Waals surface area contributed by atoms with Crippen LogP contribution < -0.4 is 4.74 Å². The Hall–Kier alpha value is -1.44. The third-order valence-corrected chi connectivity index (χ3v) is 4.42. The lowest BCUT2D eigenvalue weighted by Gasteiger charge is -2.41. The summed E-state index contributed by atoms with van der Waals surface area (Å²) >= 11 is 0. The second kappa shape index (κ2) is 4.03. The molecule has 1 unspecified atom stereocenters. The number of aryl methyl sites for hydroxylation is 1. The molecule has 0 fully saturated rings. The summed E-state index contributed by atoms with van der Waals surface area (Å²) in [5, 5.41) is 10.3. The highest BCUT2D eigenvalue weighted by Gasteiger charge is 2.38. The smallest absolute Gasteiger partial charge is 0.132 e. The first kappa shape index (κ1) is 12.6. The first-order chi connectivity index (χ1) is 8.88. The summed E-state index contributed by atoms with van der Waals surface area (Å²) in [6.45, 7) is 8.56. The van der Waals surface area contributed by atoms with Gasteiger partial charge in [-0.25, -0.2) is 0 Å². The minimum Gasteiger partial charge on any atom is -0.507 e. The van der Waals surface area contributed by atoms with E-state index in [4.69, 9.17) is 4.74 Å². The molecule has 2 heteroatoms. The molecule has 2 nitrogen and oxygen atoms in total. The number of fused-ring (bicyclic) bond motifs is 2. The van der Waals surface area contributed by atoms with Crippen LogP contribution in [0, 0.1) is 12.8 Å². The number of phenolic OH excluding ortho intramolecular Hbond substituents is 1. The van der Waals surface area contributed by atoms with Crippen molar-refractivity contribution >= 4 is 5.57 Å². The lowest BCUT2D eigenvalue weighted by atomic mass is 9.74. The van der Waals surface area contributed by atoms with Gasteiger partial charge in [0.25, 0.3) is 0 Å². The van der Waals surface area contributed by atoms with E-state index in [-0.39, 0.29) is 5.60 Å². The molecule has 2 aliphatic rings. The maximum atomic E-state index is 10.3. The van der Waals surface area contributed by atoms with E-state index in [1.807, 2.05) is 19.1 Å². The van der Waals surface area contributed by atoms with Gasteiger partial charge < -0.3 is 9.84 Å². The SMILES string of the molecule is Cc1cc(O)c2c(c1)OC(C)(C)C1=C2CC(C)CC1. The van der Waals surface area contributed by atoms with Crippen molar-refractivity contribution in [3.63, 3.8) is 0 Å². The molecule has 1 aliphatic carbocycles. The Kier molecular flexibility index (Phi) is 2.67. The summed E-state index contributed by atoms with van der Waals surface area (Å²) in [6, 6.07) is 3.88. The monoisotopic (exact) mass is 258 g/mol. The number of benzene rings is 1. The fourth-order valence-corrected chi connectivity index (χ4v) is 3.49. The van der Waals surface area contributed by atoms with Gasteiger partial charge in [0.15, 0.2) is 0 Å². The highest BCUT2D eigenvalue weighted by atomic mass is 16.5.